The lowest BCUT2D eigenvalue weighted by Gasteiger charge is -2.16. The summed E-state index contributed by atoms with van der Waals surface area (Å²) in [5.41, 5.74) is 9.07. The van der Waals surface area contributed by atoms with Gasteiger partial charge in [-0.1, -0.05) is 24.3 Å². The number of nitrogens with two attached hydrogens (primary N) is 1. The minimum absolute atomic E-state index is 0.279. The average molecular weight is 382 g/mol. The molecule has 4 N–H and O–H groups in total. The van der Waals surface area contributed by atoms with Crippen LogP contribution < -0.4 is 15.8 Å². The number of nitrogens with one attached hydrogen (secondary N) is 2. The van der Waals surface area contributed by atoms with E-state index in [1.807, 2.05) is 31.2 Å². The quantitative estimate of drug-likeness (QED) is 0.530. The van der Waals surface area contributed by atoms with Crippen LogP contribution in [0.4, 0.5) is 4.39 Å². The Morgan fingerprint density at radius 2 is 2.14 bits per heavy atom. The molecule has 1 unspecified atom stereocenters. The number of aromatic amines is 1. The zero-order chi connectivity index (χ0) is 19.9. The van der Waals surface area contributed by atoms with Crippen molar-refractivity contribution in [2.45, 2.75) is 32.5 Å². The van der Waals surface area contributed by atoms with Crippen LogP contribution in [0.15, 0.2) is 55.0 Å². The minimum atomic E-state index is -0.496. The lowest BCUT2D eigenvalue weighted by Crippen LogP contribution is -2.42. The second-order valence-corrected chi connectivity index (χ2v) is 6.64. The molecule has 0 saturated carbocycles. The minimum Gasteiger partial charge on any atom is -0.489 e. The highest BCUT2D eigenvalue weighted by Gasteiger charge is 2.16. The number of carbonyl (C=O) groups excluding carboxylic acids is 1. The lowest BCUT2D eigenvalue weighted by atomic mass is 10.1. The zero-order valence-corrected chi connectivity index (χ0v) is 15.6. The van der Waals surface area contributed by atoms with Crippen molar-refractivity contribution in [3.63, 3.8) is 0 Å². The number of imidazole rings is 1. The average Bonchev–Trinajstić information content (AvgIpc) is 3.17. The molecule has 6 nitrogen and oxygen atoms in total. The van der Waals surface area contributed by atoms with Crippen molar-refractivity contribution < 1.29 is 13.9 Å². The molecule has 0 radical (unpaired) electrons. The van der Waals surface area contributed by atoms with Crippen LogP contribution in [0.25, 0.3) is 0 Å². The Kier molecular flexibility index (Phi) is 6.39. The Bertz CT molecular complexity index is 928. The van der Waals surface area contributed by atoms with E-state index in [0.717, 1.165) is 28.1 Å². The molecule has 7 heteroatoms. The Morgan fingerprint density at radius 1 is 1.29 bits per heavy atom. The molecule has 146 valence electrons. The lowest BCUT2D eigenvalue weighted by molar-refractivity contribution is -0.120. The second kappa shape index (κ2) is 9.14. The molecule has 0 aliphatic carbocycles. The third kappa shape index (κ3) is 5.40. The van der Waals surface area contributed by atoms with Crippen molar-refractivity contribution in [2.75, 3.05) is 0 Å². The molecule has 0 bridgehead atoms. The Balaban J connectivity index is 1.57. The molecule has 1 heterocycles. The Labute approximate surface area is 162 Å². The van der Waals surface area contributed by atoms with Crippen LogP contribution in [0.1, 0.15) is 22.4 Å². The van der Waals surface area contributed by atoms with Crippen molar-refractivity contribution in [3.05, 3.63) is 83.2 Å². The number of carbonyl (C=O) groups is 1. The predicted octanol–water partition coefficient (Wildman–Crippen LogP) is 2.62. The van der Waals surface area contributed by atoms with Crippen molar-refractivity contribution in [1.82, 2.24) is 15.3 Å². The molecular weight excluding hydrogens is 359 g/mol. The number of hydrogen-bond acceptors (Lipinski definition) is 4. The van der Waals surface area contributed by atoms with Crippen LogP contribution in [0.3, 0.4) is 0 Å². The van der Waals surface area contributed by atoms with E-state index in [1.165, 1.54) is 12.1 Å². The number of ether oxygens (including phenoxy) is 1. The van der Waals surface area contributed by atoms with Gasteiger partial charge in [-0.05, 0) is 41.8 Å². The molecule has 0 aliphatic heterocycles. The molecule has 0 fully saturated rings. The standard InChI is InChI=1S/C21H23FN4O2/c1-14-7-15(10-25-19(21(23)27)9-18-11-24-13-26-18)5-6-20(14)28-12-16-3-2-4-17(22)8-16/h2-8,11,13,19,25H,9-10,12H2,1H3,(H2,23,27)(H,24,26). The molecule has 1 aromatic heterocycles. The van der Waals surface area contributed by atoms with E-state index >= 15 is 0 Å². The van der Waals surface area contributed by atoms with E-state index in [4.69, 9.17) is 10.5 Å². The number of benzene rings is 2. The maximum Gasteiger partial charge on any atom is 0.234 e. The summed E-state index contributed by atoms with van der Waals surface area (Å²) in [6.07, 6.45) is 3.69. The predicted molar refractivity (Wildman–Crippen MR) is 104 cm³/mol. The number of aryl methyl sites for hydroxylation is 1. The van der Waals surface area contributed by atoms with Crippen LogP contribution in [0, 0.1) is 12.7 Å². The van der Waals surface area contributed by atoms with Crippen molar-refractivity contribution in [3.8, 4) is 5.75 Å². The number of amides is 1. The van der Waals surface area contributed by atoms with Crippen LogP contribution in [0.5, 0.6) is 5.75 Å². The van der Waals surface area contributed by atoms with Crippen LogP contribution in [-0.2, 0) is 24.4 Å². The van der Waals surface area contributed by atoms with Gasteiger partial charge in [0.25, 0.3) is 0 Å². The second-order valence-electron chi connectivity index (χ2n) is 6.64. The van der Waals surface area contributed by atoms with Gasteiger partial charge in [0.15, 0.2) is 0 Å². The van der Waals surface area contributed by atoms with Gasteiger partial charge in [0, 0.05) is 24.9 Å². The summed E-state index contributed by atoms with van der Waals surface area (Å²) in [7, 11) is 0. The number of nitrogens with zero attached hydrogens (tertiary/aromatic N) is 1. The first kappa shape index (κ1) is 19.6. The molecule has 0 saturated heterocycles. The number of halogens is 1. The molecule has 1 amide bonds. The highest BCUT2D eigenvalue weighted by molar-refractivity contribution is 5.80. The Morgan fingerprint density at radius 3 is 2.82 bits per heavy atom. The molecular formula is C21H23FN4O2. The van der Waals surface area contributed by atoms with Gasteiger partial charge in [0.05, 0.1) is 12.4 Å². The maximum atomic E-state index is 13.3. The van der Waals surface area contributed by atoms with Crippen molar-refractivity contribution in [2.24, 2.45) is 5.73 Å². The molecule has 28 heavy (non-hydrogen) atoms. The van der Waals surface area contributed by atoms with E-state index in [-0.39, 0.29) is 5.82 Å². The zero-order valence-electron chi connectivity index (χ0n) is 15.6. The summed E-state index contributed by atoms with van der Waals surface area (Å²) in [5.74, 6) is 0.0386. The molecule has 3 rings (SSSR count). The molecule has 1 atom stereocenters. The van der Waals surface area contributed by atoms with Gasteiger partial charge in [-0.15, -0.1) is 0 Å². The summed E-state index contributed by atoms with van der Waals surface area (Å²) >= 11 is 0. The molecule has 0 aliphatic rings. The first-order valence-electron chi connectivity index (χ1n) is 8.98. The normalized spacial score (nSPS) is 11.9. The Hall–Kier alpha value is -3.19. The van der Waals surface area contributed by atoms with E-state index in [2.05, 4.69) is 15.3 Å². The van der Waals surface area contributed by atoms with E-state index in [1.54, 1.807) is 18.6 Å². The van der Waals surface area contributed by atoms with Gasteiger partial charge in [0.1, 0.15) is 18.2 Å². The van der Waals surface area contributed by atoms with Crippen molar-refractivity contribution in [1.29, 1.82) is 0 Å². The topological polar surface area (TPSA) is 93.0 Å². The van der Waals surface area contributed by atoms with Crippen LogP contribution in [-0.4, -0.2) is 21.9 Å². The van der Waals surface area contributed by atoms with Gasteiger partial charge in [-0.2, -0.15) is 0 Å². The van der Waals surface area contributed by atoms with Gasteiger partial charge >= 0.3 is 0 Å². The number of aromatic nitrogens is 2. The molecule has 3 aromatic rings. The number of H-pyrrole nitrogens is 1. The van der Waals surface area contributed by atoms with E-state index in [0.29, 0.717) is 19.6 Å². The smallest absolute Gasteiger partial charge is 0.234 e. The molecule has 0 spiro atoms. The van der Waals surface area contributed by atoms with E-state index < -0.39 is 11.9 Å². The summed E-state index contributed by atoms with van der Waals surface area (Å²) in [6, 6.07) is 11.6. The first-order valence-corrected chi connectivity index (χ1v) is 8.98. The van der Waals surface area contributed by atoms with Gasteiger partial charge < -0.3 is 20.8 Å². The highest BCUT2D eigenvalue weighted by Crippen LogP contribution is 2.21. The third-order valence-electron chi connectivity index (χ3n) is 4.40. The first-order chi connectivity index (χ1) is 13.5. The largest absolute Gasteiger partial charge is 0.489 e. The fourth-order valence-corrected chi connectivity index (χ4v) is 2.90. The highest BCUT2D eigenvalue weighted by atomic mass is 19.1. The third-order valence-corrected chi connectivity index (χ3v) is 4.40. The SMILES string of the molecule is Cc1cc(CNC(Cc2cnc[nH]2)C(N)=O)ccc1OCc1cccc(F)c1. The number of hydrogen-bond donors (Lipinski definition) is 3. The number of primary amides is 1. The van der Waals surface area contributed by atoms with E-state index in [9.17, 15) is 9.18 Å². The fourth-order valence-electron chi connectivity index (χ4n) is 2.90. The van der Waals surface area contributed by atoms with Gasteiger partial charge in [-0.25, -0.2) is 9.37 Å². The maximum absolute atomic E-state index is 13.3. The van der Waals surface area contributed by atoms with Crippen molar-refractivity contribution >= 4 is 5.91 Å². The van der Waals surface area contributed by atoms with Crippen LogP contribution >= 0.6 is 0 Å². The summed E-state index contributed by atoms with van der Waals surface area (Å²) < 4.78 is 19.0. The summed E-state index contributed by atoms with van der Waals surface area (Å²) in [5, 5.41) is 3.18. The number of rotatable bonds is 9. The van der Waals surface area contributed by atoms with Gasteiger partial charge in [-0.3, -0.25) is 4.79 Å². The van der Waals surface area contributed by atoms with Crippen LogP contribution in [0.2, 0.25) is 0 Å². The monoisotopic (exact) mass is 382 g/mol. The summed E-state index contributed by atoms with van der Waals surface area (Å²) in [6.45, 7) is 2.73. The fraction of sp³-hybridized carbons (Fsp3) is 0.238. The van der Waals surface area contributed by atoms with Gasteiger partial charge in [0.2, 0.25) is 5.91 Å². The summed E-state index contributed by atoms with van der Waals surface area (Å²) in [4.78, 5) is 18.6. The molecule has 2 aromatic carbocycles.